The van der Waals surface area contributed by atoms with Gasteiger partial charge in [-0.2, -0.15) is 0 Å². The molecule has 0 aromatic heterocycles. The fraction of sp³-hybridized carbons (Fsp3) is 0.882. The molecule has 108 valence electrons. The second-order valence-corrected chi connectivity index (χ2v) is 5.21. The van der Waals surface area contributed by atoms with E-state index >= 15 is 0 Å². The number of hydrogen-bond acceptors (Lipinski definition) is 1. The maximum Gasteiger partial charge on any atom is 0.0873 e. The van der Waals surface area contributed by atoms with E-state index in [2.05, 4.69) is 19.9 Å². The minimum atomic E-state index is 0.901. The molecule has 1 nitrogen and oxygen atoms in total. The first-order chi connectivity index (χ1) is 8.91. The average Bonchev–Trinajstić information content (AvgIpc) is 2.39. The van der Waals surface area contributed by atoms with Crippen LogP contribution in [0.1, 0.15) is 90.9 Å². The Balaban J connectivity index is 2.96. The third-order valence-electron chi connectivity index (χ3n) is 3.28. The van der Waals surface area contributed by atoms with Crippen molar-refractivity contribution in [3.63, 3.8) is 0 Å². The van der Waals surface area contributed by atoms with Crippen LogP contribution in [0.2, 0.25) is 0 Å². The van der Waals surface area contributed by atoms with Crippen molar-refractivity contribution >= 4 is 0 Å². The van der Waals surface area contributed by atoms with Crippen molar-refractivity contribution in [1.29, 1.82) is 0 Å². The Hall–Kier alpha value is -0.460. The van der Waals surface area contributed by atoms with E-state index in [-0.39, 0.29) is 0 Å². The summed E-state index contributed by atoms with van der Waals surface area (Å²) in [6, 6.07) is 0. The van der Waals surface area contributed by atoms with Gasteiger partial charge in [0, 0.05) is 0 Å². The van der Waals surface area contributed by atoms with E-state index in [0.29, 0.717) is 0 Å². The molecule has 0 atom stereocenters. The molecule has 0 saturated carbocycles. The Morgan fingerprint density at radius 1 is 0.667 bits per heavy atom. The Morgan fingerprint density at radius 3 is 1.83 bits per heavy atom. The van der Waals surface area contributed by atoms with Gasteiger partial charge in [0.25, 0.3) is 0 Å². The van der Waals surface area contributed by atoms with Crippen LogP contribution < -0.4 is 0 Å². The van der Waals surface area contributed by atoms with E-state index < -0.39 is 0 Å². The summed E-state index contributed by atoms with van der Waals surface area (Å²) in [5, 5.41) is 0. The van der Waals surface area contributed by atoms with Gasteiger partial charge in [-0.3, -0.25) is 0 Å². The summed E-state index contributed by atoms with van der Waals surface area (Å²) in [6.07, 6.45) is 20.1. The average molecular weight is 254 g/mol. The molecule has 0 aliphatic rings. The van der Waals surface area contributed by atoms with Crippen molar-refractivity contribution in [1.82, 2.24) is 0 Å². The van der Waals surface area contributed by atoms with Gasteiger partial charge in [-0.05, 0) is 25.3 Å². The molecule has 0 N–H and O–H groups in total. The smallest absolute Gasteiger partial charge is 0.0873 e. The van der Waals surface area contributed by atoms with E-state index in [1.54, 1.807) is 0 Å². The Morgan fingerprint density at radius 2 is 1.22 bits per heavy atom. The molecule has 1 heteroatoms. The van der Waals surface area contributed by atoms with Gasteiger partial charge in [-0.1, -0.05) is 71.6 Å². The van der Waals surface area contributed by atoms with Crippen LogP contribution in [0.5, 0.6) is 0 Å². The highest BCUT2D eigenvalue weighted by Crippen LogP contribution is 2.09. The van der Waals surface area contributed by atoms with Crippen LogP contribution in [-0.2, 0) is 4.74 Å². The van der Waals surface area contributed by atoms with Gasteiger partial charge in [0.1, 0.15) is 0 Å². The monoisotopic (exact) mass is 254 g/mol. The van der Waals surface area contributed by atoms with Gasteiger partial charge in [0.05, 0.1) is 12.9 Å². The molecule has 0 aromatic carbocycles. The SMILES string of the molecule is CCCCC=COCCCCCCCCCCC. The molecule has 0 heterocycles. The topological polar surface area (TPSA) is 9.23 Å². The summed E-state index contributed by atoms with van der Waals surface area (Å²) in [5.41, 5.74) is 0. The highest BCUT2D eigenvalue weighted by atomic mass is 16.5. The van der Waals surface area contributed by atoms with Gasteiger partial charge in [0.15, 0.2) is 0 Å². The van der Waals surface area contributed by atoms with E-state index in [9.17, 15) is 0 Å². The minimum absolute atomic E-state index is 0.901. The summed E-state index contributed by atoms with van der Waals surface area (Å²) >= 11 is 0. The summed E-state index contributed by atoms with van der Waals surface area (Å²) in [4.78, 5) is 0. The molecule has 0 fully saturated rings. The largest absolute Gasteiger partial charge is 0.502 e. The maximum absolute atomic E-state index is 5.46. The maximum atomic E-state index is 5.46. The van der Waals surface area contributed by atoms with Gasteiger partial charge in [-0.15, -0.1) is 0 Å². The van der Waals surface area contributed by atoms with Gasteiger partial charge < -0.3 is 4.74 Å². The quantitative estimate of drug-likeness (QED) is 0.263. The first-order valence-corrected chi connectivity index (χ1v) is 8.18. The number of hydrogen-bond donors (Lipinski definition) is 0. The zero-order chi connectivity index (χ0) is 13.3. The van der Waals surface area contributed by atoms with Crippen LogP contribution in [0, 0.1) is 0 Å². The second kappa shape index (κ2) is 16.5. The van der Waals surface area contributed by atoms with E-state index in [1.807, 2.05) is 6.26 Å². The predicted molar refractivity (Wildman–Crippen MR) is 81.8 cm³/mol. The fourth-order valence-corrected chi connectivity index (χ4v) is 2.02. The van der Waals surface area contributed by atoms with Crippen molar-refractivity contribution in [2.75, 3.05) is 6.61 Å². The zero-order valence-electron chi connectivity index (χ0n) is 12.8. The fourth-order valence-electron chi connectivity index (χ4n) is 2.02. The van der Waals surface area contributed by atoms with Crippen molar-refractivity contribution < 1.29 is 4.74 Å². The molecule has 0 amide bonds. The van der Waals surface area contributed by atoms with Crippen molar-refractivity contribution in [3.8, 4) is 0 Å². The molecule has 0 radical (unpaired) electrons. The molecule has 0 bridgehead atoms. The molecule has 0 aliphatic heterocycles. The van der Waals surface area contributed by atoms with E-state index in [1.165, 1.54) is 70.6 Å². The summed E-state index contributed by atoms with van der Waals surface area (Å²) in [5.74, 6) is 0. The molecule has 0 aliphatic carbocycles. The van der Waals surface area contributed by atoms with Crippen LogP contribution in [0.3, 0.4) is 0 Å². The lowest BCUT2D eigenvalue weighted by molar-refractivity contribution is 0.239. The third kappa shape index (κ3) is 15.5. The van der Waals surface area contributed by atoms with Crippen LogP contribution in [-0.4, -0.2) is 6.61 Å². The van der Waals surface area contributed by atoms with Crippen molar-refractivity contribution in [2.45, 2.75) is 90.9 Å². The summed E-state index contributed by atoms with van der Waals surface area (Å²) < 4.78 is 5.46. The summed E-state index contributed by atoms with van der Waals surface area (Å²) in [7, 11) is 0. The van der Waals surface area contributed by atoms with Gasteiger partial charge >= 0.3 is 0 Å². The number of allylic oxidation sites excluding steroid dienone is 1. The molecule has 0 spiro atoms. The molecule has 0 saturated heterocycles. The lowest BCUT2D eigenvalue weighted by Gasteiger charge is -2.02. The molecular weight excluding hydrogens is 220 g/mol. The predicted octanol–water partition coefficient (Wildman–Crippen LogP) is 6.24. The molecule has 18 heavy (non-hydrogen) atoms. The minimum Gasteiger partial charge on any atom is -0.502 e. The highest BCUT2D eigenvalue weighted by Gasteiger charge is 1.91. The first-order valence-electron chi connectivity index (χ1n) is 8.18. The summed E-state index contributed by atoms with van der Waals surface area (Å²) in [6.45, 7) is 5.39. The highest BCUT2D eigenvalue weighted by molar-refractivity contribution is 4.72. The van der Waals surface area contributed by atoms with E-state index in [0.717, 1.165) is 13.0 Å². The molecule has 0 aromatic rings. The van der Waals surface area contributed by atoms with Crippen molar-refractivity contribution in [2.24, 2.45) is 0 Å². The first kappa shape index (κ1) is 17.5. The van der Waals surface area contributed by atoms with Gasteiger partial charge in [0.2, 0.25) is 0 Å². The van der Waals surface area contributed by atoms with Crippen LogP contribution in [0.4, 0.5) is 0 Å². The van der Waals surface area contributed by atoms with Crippen molar-refractivity contribution in [3.05, 3.63) is 12.3 Å². The van der Waals surface area contributed by atoms with Crippen LogP contribution in [0.25, 0.3) is 0 Å². The molecular formula is C17H34O. The third-order valence-corrected chi connectivity index (χ3v) is 3.28. The normalized spacial score (nSPS) is 11.2. The Kier molecular flexibility index (Phi) is 16.1. The lowest BCUT2D eigenvalue weighted by Crippen LogP contribution is -1.88. The number of unbranched alkanes of at least 4 members (excludes halogenated alkanes) is 10. The van der Waals surface area contributed by atoms with Gasteiger partial charge in [-0.25, -0.2) is 0 Å². The lowest BCUT2D eigenvalue weighted by atomic mass is 10.1. The van der Waals surface area contributed by atoms with Crippen LogP contribution in [0.15, 0.2) is 12.3 Å². The molecule has 0 rings (SSSR count). The second-order valence-electron chi connectivity index (χ2n) is 5.21. The van der Waals surface area contributed by atoms with E-state index in [4.69, 9.17) is 4.74 Å². The Labute approximate surface area is 115 Å². The standard InChI is InChI=1S/C17H34O/c1-3-5-7-9-10-11-12-13-15-17-18-16-14-8-6-4-2/h14,16H,3-13,15,17H2,1-2H3. The van der Waals surface area contributed by atoms with Crippen LogP contribution >= 0.6 is 0 Å². The number of rotatable bonds is 14. The zero-order valence-corrected chi connectivity index (χ0v) is 12.8. The Bertz CT molecular complexity index is 163. The molecule has 0 unspecified atom stereocenters. The number of ether oxygens (including phenoxy) is 1.